The number of rotatable bonds is 8. The van der Waals surface area contributed by atoms with E-state index in [-0.39, 0.29) is 35.2 Å². The first-order chi connectivity index (χ1) is 20.4. The van der Waals surface area contributed by atoms with Crippen molar-refractivity contribution in [2.45, 2.75) is 25.1 Å². The third-order valence-corrected chi connectivity index (χ3v) is 6.95. The van der Waals surface area contributed by atoms with Crippen molar-refractivity contribution in [3.63, 3.8) is 0 Å². The Bertz CT molecular complexity index is 1750. The highest BCUT2D eigenvalue weighted by atomic mass is 19.4. The summed E-state index contributed by atoms with van der Waals surface area (Å²) in [5.41, 5.74) is 6.34. The molecule has 1 aliphatic heterocycles. The van der Waals surface area contributed by atoms with E-state index in [0.29, 0.717) is 28.5 Å². The number of amides is 2. The summed E-state index contributed by atoms with van der Waals surface area (Å²) in [7, 11) is 0. The van der Waals surface area contributed by atoms with Crippen LogP contribution in [-0.2, 0) is 17.4 Å². The van der Waals surface area contributed by atoms with Crippen molar-refractivity contribution in [2.75, 3.05) is 0 Å². The average Bonchev–Trinajstić information content (AvgIpc) is 3.33. The maximum atomic E-state index is 14.2. The van der Waals surface area contributed by atoms with E-state index in [2.05, 4.69) is 10.3 Å². The Hall–Kier alpha value is -4.97. The number of nitrogens with two attached hydrogens (primary N) is 2. The molecule has 0 fully saturated rings. The van der Waals surface area contributed by atoms with Gasteiger partial charge in [-0.2, -0.15) is 13.2 Å². The van der Waals surface area contributed by atoms with Gasteiger partial charge in [-0.3, -0.25) is 19.9 Å². The van der Waals surface area contributed by atoms with Crippen molar-refractivity contribution in [3.8, 4) is 11.1 Å². The van der Waals surface area contributed by atoms with Crippen LogP contribution in [0, 0.1) is 17.5 Å². The monoisotopic (exact) mass is 597 g/mol. The van der Waals surface area contributed by atoms with Crippen LogP contribution in [0.2, 0.25) is 0 Å². The van der Waals surface area contributed by atoms with E-state index >= 15 is 0 Å². The number of quaternary nitrogens is 1. The highest BCUT2D eigenvalue weighted by Crippen LogP contribution is 2.36. The first kappa shape index (κ1) is 29.5. The molecule has 2 heterocycles. The van der Waals surface area contributed by atoms with Crippen LogP contribution in [-0.4, -0.2) is 16.8 Å². The number of alkyl halides is 3. The fourth-order valence-electron chi connectivity index (χ4n) is 5.01. The Kier molecular flexibility index (Phi) is 8.05. The molecule has 1 atom stereocenters. The Balaban J connectivity index is 1.49. The summed E-state index contributed by atoms with van der Waals surface area (Å²) in [6.07, 6.45) is -2.03. The van der Waals surface area contributed by atoms with Crippen LogP contribution >= 0.6 is 0 Å². The second-order valence-corrected chi connectivity index (χ2v) is 9.93. The van der Waals surface area contributed by atoms with E-state index in [9.17, 15) is 35.9 Å². The highest BCUT2D eigenvalue weighted by molar-refractivity contribution is 5.94. The van der Waals surface area contributed by atoms with Gasteiger partial charge in [0.25, 0.3) is 5.91 Å². The van der Waals surface area contributed by atoms with Crippen molar-refractivity contribution >= 4 is 23.1 Å². The molecule has 0 saturated heterocycles. The molecule has 2 amide bonds. The van der Waals surface area contributed by atoms with Crippen LogP contribution in [0.3, 0.4) is 0 Å². The predicted molar refractivity (Wildman–Crippen MR) is 145 cm³/mol. The Labute approximate surface area is 241 Å². The van der Waals surface area contributed by atoms with Crippen LogP contribution in [0.5, 0.6) is 0 Å². The molecule has 0 spiro atoms. The third kappa shape index (κ3) is 6.59. The first-order valence-corrected chi connectivity index (χ1v) is 12.9. The van der Waals surface area contributed by atoms with Gasteiger partial charge in [-0.15, -0.1) is 0 Å². The van der Waals surface area contributed by atoms with Gasteiger partial charge < -0.3 is 11.1 Å². The molecule has 6 nitrogen and oxygen atoms in total. The molecule has 12 heteroatoms. The number of hydrogen-bond acceptors (Lipinski definition) is 3. The molecule has 43 heavy (non-hydrogen) atoms. The molecule has 4 aromatic rings. The number of fused-ring (bicyclic) bond motifs is 1. The van der Waals surface area contributed by atoms with Crippen LogP contribution in [0.4, 0.5) is 32.0 Å². The lowest BCUT2D eigenvalue weighted by Crippen LogP contribution is -2.69. The molecule has 220 valence electrons. The van der Waals surface area contributed by atoms with E-state index < -0.39 is 47.0 Å². The summed E-state index contributed by atoms with van der Waals surface area (Å²) in [4.78, 5) is 29.5. The van der Waals surface area contributed by atoms with E-state index in [1.54, 1.807) is 23.6 Å². The lowest BCUT2D eigenvalue weighted by Gasteiger charge is -2.22. The van der Waals surface area contributed by atoms with Gasteiger partial charge >= 0.3 is 6.18 Å². The molecule has 0 saturated carbocycles. The second kappa shape index (κ2) is 11.7. The topological polar surface area (TPSA) is 102 Å². The molecule has 5 rings (SSSR count). The maximum Gasteiger partial charge on any atom is 0.416 e. The Morgan fingerprint density at radius 1 is 0.930 bits per heavy atom. The number of carbonyl (C=O) groups excluding carboxylic acids is 2. The smallest absolute Gasteiger partial charge is 0.366 e. The Morgan fingerprint density at radius 2 is 1.67 bits per heavy atom. The van der Waals surface area contributed by atoms with Gasteiger partial charge in [0.05, 0.1) is 29.3 Å². The molecule has 0 bridgehead atoms. The number of halogens is 6. The van der Waals surface area contributed by atoms with Gasteiger partial charge in [-0.05, 0) is 60.0 Å². The van der Waals surface area contributed by atoms with Gasteiger partial charge in [-0.1, -0.05) is 12.1 Å². The van der Waals surface area contributed by atoms with Crippen LogP contribution in [0.15, 0.2) is 79.1 Å². The van der Waals surface area contributed by atoms with Gasteiger partial charge in [0.15, 0.2) is 0 Å². The molecule has 5 N–H and O–H groups in total. The Morgan fingerprint density at radius 3 is 2.37 bits per heavy atom. The lowest BCUT2D eigenvalue weighted by atomic mass is 9.94. The van der Waals surface area contributed by atoms with Crippen molar-refractivity contribution in [2.24, 2.45) is 5.73 Å². The van der Waals surface area contributed by atoms with Crippen LogP contribution < -0.4 is 16.4 Å². The number of nitrogens with zero attached hydrogens (tertiary/aromatic N) is 1. The SMILES string of the molecule is NC(=O)c1cc(-c2cccnc2[C@H](Cc2cc(F)cc(F)c2)NC(=O)CC2=C[NH2+]c3ccc(C(F)(F)F)cc32)ccc1F. The maximum absolute atomic E-state index is 14.2. The summed E-state index contributed by atoms with van der Waals surface area (Å²) in [6, 6.07) is 12.0. The van der Waals surface area contributed by atoms with Gasteiger partial charge in [0, 0.05) is 35.0 Å². The molecule has 1 aliphatic rings. The number of aromatic nitrogens is 1. The van der Waals surface area contributed by atoms with Gasteiger partial charge in [0.1, 0.15) is 29.3 Å². The number of benzene rings is 3. The third-order valence-electron chi connectivity index (χ3n) is 6.95. The summed E-state index contributed by atoms with van der Waals surface area (Å²) >= 11 is 0. The van der Waals surface area contributed by atoms with E-state index in [1.807, 2.05) is 0 Å². The zero-order valence-corrected chi connectivity index (χ0v) is 22.2. The van der Waals surface area contributed by atoms with Crippen LogP contribution in [0.25, 0.3) is 16.7 Å². The summed E-state index contributed by atoms with van der Waals surface area (Å²) in [5.74, 6) is -4.11. The average molecular weight is 598 g/mol. The van der Waals surface area contributed by atoms with E-state index in [1.165, 1.54) is 24.4 Å². The van der Waals surface area contributed by atoms with Gasteiger partial charge in [0.2, 0.25) is 5.91 Å². The first-order valence-electron chi connectivity index (χ1n) is 12.9. The number of hydrogen-bond donors (Lipinski definition) is 3. The zero-order valence-electron chi connectivity index (χ0n) is 22.2. The minimum atomic E-state index is -4.57. The zero-order chi connectivity index (χ0) is 30.9. The van der Waals surface area contributed by atoms with Crippen molar-refractivity contribution in [1.82, 2.24) is 10.3 Å². The van der Waals surface area contributed by atoms with Crippen LogP contribution in [0.1, 0.15) is 45.2 Å². The minimum Gasteiger partial charge on any atom is -0.366 e. The largest absolute Gasteiger partial charge is 0.416 e. The van der Waals surface area contributed by atoms with E-state index in [4.69, 9.17) is 5.73 Å². The van der Waals surface area contributed by atoms with E-state index in [0.717, 1.165) is 30.3 Å². The molecule has 1 aromatic heterocycles. The van der Waals surface area contributed by atoms with Crippen molar-refractivity contribution in [3.05, 3.63) is 125 Å². The summed E-state index contributed by atoms with van der Waals surface area (Å²) in [5, 5.41) is 4.40. The molecule has 0 unspecified atom stereocenters. The number of pyridine rings is 1. The molecule has 0 radical (unpaired) electrons. The highest BCUT2D eigenvalue weighted by Gasteiger charge is 2.33. The molecular formula is C31H23F6N4O2+. The fourth-order valence-corrected chi connectivity index (χ4v) is 5.01. The predicted octanol–water partition coefficient (Wildman–Crippen LogP) is 5.32. The molecule has 3 aromatic carbocycles. The standard InChI is InChI=1S/C31H22F6N4O2/c32-20-8-16(9-21(33)14-20)10-27(29-22(2-1-7-39-29)17-3-5-25(34)24(11-17)30(38)43)41-28(42)12-18-15-40-26-6-4-19(13-23(18)26)31(35,36)37/h1-9,11,13-15,27,40H,10,12H2,(H2,38,43)(H,41,42)/p+1/t27-/m0/s1. The summed E-state index contributed by atoms with van der Waals surface area (Å²) in [6.45, 7) is 0. The lowest BCUT2D eigenvalue weighted by molar-refractivity contribution is -0.491. The second-order valence-electron chi connectivity index (χ2n) is 9.93. The number of nitrogens with one attached hydrogen (secondary N) is 1. The molecule has 0 aliphatic carbocycles. The fraction of sp³-hybridized carbons (Fsp3) is 0.129. The van der Waals surface area contributed by atoms with Crippen molar-refractivity contribution < 1.29 is 41.2 Å². The summed E-state index contributed by atoms with van der Waals surface area (Å²) < 4.78 is 82.3. The molecular weight excluding hydrogens is 574 g/mol. The quantitative estimate of drug-likeness (QED) is 0.189. The number of primary amides is 1. The van der Waals surface area contributed by atoms with Gasteiger partial charge in [-0.25, -0.2) is 13.2 Å². The minimum absolute atomic E-state index is 0.131. The van der Waals surface area contributed by atoms with Crippen molar-refractivity contribution in [1.29, 1.82) is 0 Å². The normalized spacial score (nSPS) is 13.3. The number of carbonyl (C=O) groups is 2.